The van der Waals surface area contributed by atoms with Crippen LogP contribution < -0.4 is 4.74 Å². The van der Waals surface area contributed by atoms with Crippen molar-refractivity contribution in [3.63, 3.8) is 0 Å². The molecule has 0 saturated heterocycles. The highest BCUT2D eigenvalue weighted by Crippen LogP contribution is 2.47. The molecule has 1 aliphatic rings. The van der Waals surface area contributed by atoms with E-state index >= 15 is 0 Å². The van der Waals surface area contributed by atoms with Crippen molar-refractivity contribution in [3.05, 3.63) is 94.8 Å². The second-order valence-electron chi connectivity index (χ2n) is 6.63. The summed E-state index contributed by atoms with van der Waals surface area (Å²) in [5.74, 6) is 0.560. The Labute approximate surface area is 152 Å². The first-order valence-electron chi connectivity index (χ1n) is 8.56. The van der Waals surface area contributed by atoms with Gasteiger partial charge in [0.05, 0.1) is 0 Å². The molecule has 1 N–H and O–H groups in total. The van der Waals surface area contributed by atoms with Gasteiger partial charge in [-0.05, 0) is 54.8 Å². The summed E-state index contributed by atoms with van der Waals surface area (Å²) in [5.41, 5.74) is 6.11. The zero-order chi connectivity index (χ0) is 18.3. The summed E-state index contributed by atoms with van der Waals surface area (Å²) >= 11 is 0. The summed E-state index contributed by atoms with van der Waals surface area (Å²) < 4.78 is 19.7. The van der Waals surface area contributed by atoms with Crippen LogP contribution >= 0.6 is 0 Å². The summed E-state index contributed by atoms with van der Waals surface area (Å²) in [5, 5.41) is 9.84. The Hall–Kier alpha value is -3.07. The first kappa shape index (κ1) is 16.4. The number of rotatable bonds is 2. The van der Waals surface area contributed by atoms with Crippen molar-refractivity contribution in [1.29, 1.82) is 0 Å². The van der Waals surface area contributed by atoms with Gasteiger partial charge in [0, 0.05) is 17.2 Å². The van der Waals surface area contributed by atoms with Crippen LogP contribution in [0.2, 0.25) is 0 Å². The number of aromatic hydroxyl groups is 1. The van der Waals surface area contributed by atoms with E-state index < -0.39 is 0 Å². The molecule has 0 unspecified atom stereocenters. The van der Waals surface area contributed by atoms with Gasteiger partial charge in [0.15, 0.2) is 0 Å². The average molecular weight is 346 g/mol. The van der Waals surface area contributed by atoms with Gasteiger partial charge in [-0.3, -0.25) is 0 Å². The maximum absolute atomic E-state index is 13.4. The van der Waals surface area contributed by atoms with Crippen LogP contribution in [0.4, 0.5) is 4.39 Å². The van der Waals surface area contributed by atoms with Gasteiger partial charge in [-0.15, -0.1) is 0 Å². The SMILES string of the molecule is CC1=C(c2ccc(F)cc2)[C@H](c2ccc(C)cc2)Oc2cc(O)ccc21. The topological polar surface area (TPSA) is 29.5 Å². The molecule has 0 amide bonds. The predicted octanol–water partition coefficient (Wildman–Crippen LogP) is 5.90. The molecular weight excluding hydrogens is 327 g/mol. The number of allylic oxidation sites excluding steroid dienone is 1. The number of phenols is 1. The number of aryl methyl sites for hydroxylation is 1. The smallest absolute Gasteiger partial charge is 0.150 e. The lowest BCUT2D eigenvalue weighted by atomic mass is 9.86. The normalized spacial score (nSPS) is 16.2. The van der Waals surface area contributed by atoms with Crippen molar-refractivity contribution in [2.45, 2.75) is 20.0 Å². The summed E-state index contributed by atoms with van der Waals surface area (Å²) in [7, 11) is 0. The van der Waals surface area contributed by atoms with Gasteiger partial charge < -0.3 is 9.84 Å². The molecule has 0 bridgehead atoms. The Kier molecular flexibility index (Phi) is 4.00. The Bertz CT molecular complexity index is 986. The molecule has 1 aliphatic heterocycles. The average Bonchev–Trinajstić information content (AvgIpc) is 2.63. The van der Waals surface area contributed by atoms with Crippen molar-refractivity contribution in [1.82, 2.24) is 0 Å². The van der Waals surface area contributed by atoms with Crippen LogP contribution in [0, 0.1) is 12.7 Å². The van der Waals surface area contributed by atoms with Crippen LogP contribution in [0.5, 0.6) is 11.5 Å². The van der Waals surface area contributed by atoms with E-state index in [1.807, 2.05) is 44.2 Å². The molecule has 1 heterocycles. The Balaban J connectivity index is 1.92. The Morgan fingerprint density at radius 2 is 1.58 bits per heavy atom. The largest absolute Gasteiger partial charge is 0.508 e. The van der Waals surface area contributed by atoms with Crippen molar-refractivity contribution >= 4 is 11.1 Å². The molecule has 0 spiro atoms. The minimum atomic E-state index is -0.324. The molecule has 3 aromatic rings. The van der Waals surface area contributed by atoms with E-state index in [2.05, 4.69) is 0 Å². The molecule has 0 saturated carbocycles. The van der Waals surface area contributed by atoms with Crippen LogP contribution in [0.3, 0.4) is 0 Å². The van der Waals surface area contributed by atoms with Crippen LogP contribution in [-0.2, 0) is 0 Å². The number of hydrogen-bond acceptors (Lipinski definition) is 2. The lowest BCUT2D eigenvalue weighted by molar-refractivity contribution is 0.259. The van der Waals surface area contributed by atoms with Crippen LogP contribution in [0.25, 0.3) is 11.1 Å². The van der Waals surface area contributed by atoms with Crippen LogP contribution in [-0.4, -0.2) is 5.11 Å². The van der Waals surface area contributed by atoms with E-state index in [1.54, 1.807) is 24.3 Å². The fraction of sp³-hybridized carbons (Fsp3) is 0.130. The summed E-state index contributed by atoms with van der Waals surface area (Å²) in [6.07, 6.45) is -0.324. The number of phenolic OH excluding ortho intramolecular Hbond substituents is 1. The maximum Gasteiger partial charge on any atom is 0.150 e. The fourth-order valence-electron chi connectivity index (χ4n) is 3.42. The van der Waals surface area contributed by atoms with Gasteiger partial charge in [-0.1, -0.05) is 42.0 Å². The molecule has 3 heteroatoms. The van der Waals surface area contributed by atoms with Crippen molar-refractivity contribution in [3.8, 4) is 11.5 Å². The number of halogens is 1. The third kappa shape index (κ3) is 2.86. The lowest BCUT2D eigenvalue weighted by Gasteiger charge is -2.31. The van der Waals surface area contributed by atoms with E-state index in [4.69, 9.17) is 4.74 Å². The van der Waals surface area contributed by atoms with E-state index in [0.29, 0.717) is 5.75 Å². The first-order chi connectivity index (χ1) is 12.5. The van der Waals surface area contributed by atoms with E-state index in [-0.39, 0.29) is 17.7 Å². The molecule has 26 heavy (non-hydrogen) atoms. The van der Waals surface area contributed by atoms with Gasteiger partial charge in [0.25, 0.3) is 0 Å². The van der Waals surface area contributed by atoms with Crippen LogP contribution in [0.1, 0.15) is 35.3 Å². The number of ether oxygens (including phenoxy) is 1. The number of benzene rings is 3. The molecular formula is C23H19FO2. The Morgan fingerprint density at radius 1 is 0.885 bits per heavy atom. The second kappa shape index (κ2) is 6.34. The highest BCUT2D eigenvalue weighted by atomic mass is 19.1. The summed E-state index contributed by atoms with van der Waals surface area (Å²) in [6.45, 7) is 4.08. The molecule has 2 nitrogen and oxygen atoms in total. The molecule has 0 radical (unpaired) electrons. The van der Waals surface area contributed by atoms with Gasteiger partial charge in [-0.25, -0.2) is 4.39 Å². The molecule has 0 aromatic heterocycles. The van der Waals surface area contributed by atoms with Gasteiger partial charge in [0.2, 0.25) is 0 Å². The molecule has 130 valence electrons. The second-order valence-corrected chi connectivity index (χ2v) is 6.63. The predicted molar refractivity (Wildman–Crippen MR) is 102 cm³/mol. The zero-order valence-corrected chi connectivity index (χ0v) is 14.7. The molecule has 3 aromatic carbocycles. The summed E-state index contributed by atoms with van der Waals surface area (Å²) in [6, 6.07) is 19.8. The minimum Gasteiger partial charge on any atom is -0.508 e. The number of hydrogen-bond donors (Lipinski definition) is 1. The fourth-order valence-corrected chi connectivity index (χ4v) is 3.42. The third-order valence-corrected chi connectivity index (χ3v) is 4.82. The molecule has 1 atom stereocenters. The monoisotopic (exact) mass is 346 g/mol. The first-order valence-corrected chi connectivity index (χ1v) is 8.56. The molecule has 4 rings (SSSR count). The zero-order valence-electron chi connectivity index (χ0n) is 14.7. The minimum absolute atomic E-state index is 0.171. The van der Waals surface area contributed by atoms with E-state index in [1.165, 1.54) is 17.7 Å². The standard InChI is InChI=1S/C23H19FO2/c1-14-3-5-17(6-4-14)23-22(16-7-9-18(24)10-8-16)15(2)20-12-11-19(25)13-21(20)26-23/h3-13,23,25H,1-2H3/t23-/m0/s1. The van der Waals surface area contributed by atoms with Crippen molar-refractivity contribution in [2.75, 3.05) is 0 Å². The van der Waals surface area contributed by atoms with Crippen LogP contribution in [0.15, 0.2) is 66.7 Å². The lowest BCUT2D eigenvalue weighted by Crippen LogP contribution is -2.16. The summed E-state index contributed by atoms with van der Waals surface area (Å²) in [4.78, 5) is 0. The van der Waals surface area contributed by atoms with Gasteiger partial charge >= 0.3 is 0 Å². The highest BCUT2D eigenvalue weighted by molar-refractivity contribution is 5.95. The highest BCUT2D eigenvalue weighted by Gasteiger charge is 2.29. The maximum atomic E-state index is 13.4. The third-order valence-electron chi connectivity index (χ3n) is 4.82. The van der Waals surface area contributed by atoms with E-state index in [9.17, 15) is 9.50 Å². The van der Waals surface area contributed by atoms with Gasteiger partial charge in [0.1, 0.15) is 23.4 Å². The van der Waals surface area contributed by atoms with E-state index in [0.717, 1.165) is 27.8 Å². The molecule has 0 fully saturated rings. The number of fused-ring (bicyclic) bond motifs is 1. The Morgan fingerprint density at radius 3 is 2.27 bits per heavy atom. The quantitative estimate of drug-likeness (QED) is 0.625. The van der Waals surface area contributed by atoms with Crippen molar-refractivity contribution in [2.24, 2.45) is 0 Å². The van der Waals surface area contributed by atoms with Gasteiger partial charge in [-0.2, -0.15) is 0 Å². The van der Waals surface area contributed by atoms with Crippen molar-refractivity contribution < 1.29 is 14.2 Å². The molecule has 0 aliphatic carbocycles.